The summed E-state index contributed by atoms with van der Waals surface area (Å²) in [6, 6.07) is 0. The predicted octanol–water partition coefficient (Wildman–Crippen LogP) is -7.04. The molecule has 0 saturated carbocycles. The van der Waals surface area contributed by atoms with Crippen LogP contribution >= 0.6 is 0 Å². The molecule has 0 aromatic heterocycles. The van der Waals surface area contributed by atoms with E-state index in [1.165, 1.54) is 0 Å². The molecule has 100 valence electrons. The maximum atomic E-state index is 10.3. The third-order valence-corrected chi connectivity index (χ3v) is 2.73. The van der Waals surface area contributed by atoms with Crippen LogP contribution in [0.25, 0.3) is 0 Å². The molecule has 0 saturated heterocycles. The number of unbranched alkanes of at least 4 members (excludes halogenated alkanes) is 2. The van der Waals surface area contributed by atoms with Gasteiger partial charge in [-0.25, -0.2) is 8.42 Å². The van der Waals surface area contributed by atoms with Crippen LogP contribution in [0.1, 0.15) is 19.3 Å². The maximum absolute atomic E-state index is 10.3. The summed E-state index contributed by atoms with van der Waals surface area (Å²) in [4.78, 5) is 0. The molecule has 0 spiro atoms. The molecule has 2 atom stereocenters. The average molecular weight is 358 g/mol. The van der Waals surface area contributed by atoms with Crippen LogP contribution in [-0.2, 0) is 48.8 Å². The van der Waals surface area contributed by atoms with Crippen molar-refractivity contribution in [2.75, 3.05) is 13.2 Å². The standard InChI is InChI=1S/C5H12O6S4.2Na.H2O/c6-14(7,12)10-4-2-1-3-5-11-15(8,9)13;;;/h1-5H2,(H,6,7,12)(H,8,9,13);;;1H2/q;2*+1;/p-2. The Kier molecular flexibility index (Phi) is 23.1. The fourth-order valence-electron chi connectivity index (χ4n) is 0.703. The van der Waals surface area contributed by atoms with Gasteiger partial charge in [-0.05, 0) is 41.6 Å². The maximum Gasteiger partial charge on any atom is 1.00 e. The molecule has 2 N–H and O–H groups in total. The van der Waals surface area contributed by atoms with Crippen LogP contribution in [0.15, 0.2) is 0 Å². The molecular formula is C5H12Na2O7S4. The molecule has 0 bridgehead atoms. The Labute approximate surface area is 161 Å². The molecule has 7 nitrogen and oxygen atoms in total. The Bertz CT molecular complexity index is 331. The van der Waals surface area contributed by atoms with Crippen molar-refractivity contribution in [2.45, 2.75) is 19.3 Å². The van der Waals surface area contributed by atoms with E-state index in [4.69, 9.17) is 0 Å². The second-order valence-electron chi connectivity index (χ2n) is 2.52. The van der Waals surface area contributed by atoms with E-state index in [0.717, 1.165) is 0 Å². The number of rotatable bonds is 8. The molecule has 13 heteroatoms. The summed E-state index contributed by atoms with van der Waals surface area (Å²) in [6.45, 7) is -0.0150. The summed E-state index contributed by atoms with van der Waals surface area (Å²) in [5.41, 5.74) is 0. The molecular weight excluding hydrogens is 346 g/mol. The predicted molar refractivity (Wildman–Crippen MR) is 61.9 cm³/mol. The Hall–Kier alpha value is 2.54. The quantitative estimate of drug-likeness (QED) is 0.309. The first-order valence-electron chi connectivity index (χ1n) is 3.91. The zero-order chi connectivity index (χ0) is 11.9. The summed E-state index contributed by atoms with van der Waals surface area (Å²) >= 11 is 7.93. The van der Waals surface area contributed by atoms with Gasteiger partial charge < -0.3 is 14.6 Å². The minimum atomic E-state index is -3.80. The minimum absolute atomic E-state index is 0. The van der Waals surface area contributed by atoms with Gasteiger partial charge >= 0.3 is 59.1 Å². The SMILES string of the molecule is O.O=S([O-])(=S)OCCCCCOS(=O)([O-])=S.[Na+].[Na+]. The Balaban J connectivity index is -0.000000327. The first-order valence-corrected chi connectivity index (χ1v) is 8.58. The molecule has 0 fully saturated rings. The van der Waals surface area contributed by atoms with Gasteiger partial charge in [0.25, 0.3) is 0 Å². The normalized spacial score (nSPS) is 16.1. The third-order valence-electron chi connectivity index (χ3n) is 1.24. The fourth-order valence-corrected chi connectivity index (χ4v) is 1.76. The van der Waals surface area contributed by atoms with Crippen molar-refractivity contribution in [3.8, 4) is 0 Å². The number of hydrogen-bond donors (Lipinski definition) is 0. The summed E-state index contributed by atoms with van der Waals surface area (Å²) in [7, 11) is -7.60. The van der Waals surface area contributed by atoms with Crippen molar-refractivity contribution < 1.29 is 90.5 Å². The fraction of sp³-hybridized carbons (Fsp3) is 1.00. The van der Waals surface area contributed by atoms with E-state index < -0.39 is 18.1 Å². The average Bonchev–Trinajstić information content (AvgIpc) is 1.98. The second kappa shape index (κ2) is 14.5. The van der Waals surface area contributed by atoms with E-state index in [9.17, 15) is 17.5 Å². The van der Waals surface area contributed by atoms with Crippen LogP contribution in [0.5, 0.6) is 0 Å². The van der Waals surface area contributed by atoms with Gasteiger partial charge in [-0.3, -0.25) is 8.37 Å². The van der Waals surface area contributed by atoms with E-state index in [-0.39, 0.29) is 77.8 Å². The molecule has 0 heterocycles. The molecule has 0 amide bonds. The molecule has 2 unspecified atom stereocenters. The van der Waals surface area contributed by atoms with Gasteiger partial charge in [0.05, 0.1) is 31.3 Å². The first kappa shape index (κ1) is 28.7. The molecule has 0 aliphatic heterocycles. The zero-order valence-electron chi connectivity index (χ0n) is 10.1. The van der Waals surface area contributed by atoms with Crippen LogP contribution in [0.4, 0.5) is 0 Å². The largest absolute Gasteiger partial charge is 1.00 e. The van der Waals surface area contributed by atoms with Crippen LogP contribution in [0, 0.1) is 0 Å². The number of hydrogen-bond acceptors (Lipinski definition) is 8. The van der Waals surface area contributed by atoms with Crippen LogP contribution in [-0.4, -0.2) is 36.2 Å². The van der Waals surface area contributed by atoms with Crippen LogP contribution in [0.3, 0.4) is 0 Å². The van der Waals surface area contributed by atoms with Gasteiger partial charge in [-0.15, -0.1) is 0 Å². The molecule has 0 aliphatic rings. The summed E-state index contributed by atoms with van der Waals surface area (Å²) < 4.78 is 49.9. The molecule has 18 heavy (non-hydrogen) atoms. The van der Waals surface area contributed by atoms with Gasteiger partial charge in [0.1, 0.15) is 0 Å². The van der Waals surface area contributed by atoms with E-state index in [1.807, 2.05) is 0 Å². The van der Waals surface area contributed by atoms with Gasteiger partial charge in [0.15, 0.2) is 0 Å². The Morgan fingerprint density at radius 3 is 1.33 bits per heavy atom. The minimum Gasteiger partial charge on any atom is -0.748 e. The van der Waals surface area contributed by atoms with Gasteiger partial charge in [0, 0.05) is 0 Å². The molecule has 0 rings (SSSR count). The van der Waals surface area contributed by atoms with Gasteiger partial charge in [-0.1, -0.05) is 0 Å². The van der Waals surface area contributed by atoms with Gasteiger partial charge in [0.2, 0.25) is 0 Å². The second-order valence-corrected chi connectivity index (χ2v) is 7.07. The van der Waals surface area contributed by atoms with E-state index in [0.29, 0.717) is 19.3 Å². The van der Waals surface area contributed by atoms with Crippen molar-refractivity contribution in [1.82, 2.24) is 0 Å². The Morgan fingerprint density at radius 1 is 0.833 bits per heavy atom. The monoisotopic (exact) mass is 358 g/mol. The smallest absolute Gasteiger partial charge is 0.748 e. The van der Waals surface area contributed by atoms with Crippen molar-refractivity contribution in [3.63, 3.8) is 0 Å². The van der Waals surface area contributed by atoms with Crippen molar-refractivity contribution in [3.05, 3.63) is 0 Å². The third kappa shape index (κ3) is 27.0. The molecule has 0 aliphatic carbocycles. The van der Waals surface area contributed by atoms with E-state index in [1.54, 1.807) is 0 Å². The van der Waals surface area contributed by atoms with Gasteiger partial charge in [-0.2, -0.15) is 0 Å². The molecule has 0 aromatic rings. The summed E-state index contributed by atoms with van der Waals surface area (Å²) in [6.07, 6.45) is 1.48. The zero-order valence-corrected chi connectivity index (χ0v) is 17.4. The van der Waals surface area contributed by atoms with Crippen molar-refractivity contribution in [1.29, 1.82) is 0 Å². The van der Waals surface area contributed by atoms with Crippen molar-refractivity contribution >= 4 is 40.5 Å². The summed E-state index contributed by atoms with van der Waals surface area (Å²) in [5, 5.41) is 0. The van der Waals surface area contributed by atoms with Crippen LogP contribution in [0.2, 0.25) is 0 Å². The van der Waals surface area contributed by atoms with E-state index in [2.05, 4.69) is 30.7 Å². The van der Waals surface area contributed by atoms with Crippen LogP contribution < -0.4 is 59.1 Å². The molecule has 0 aromatic carbocycles. The van der Waals surface area contributed by atoms with Crippen molar-refractivity contribution in [2.24, 2.45) is 0 Å². The molecule has 0 radical (unpaired) electrons. The topological polar surface area (TPSA) is 130 Å². The first-order chi connectivity index (χ1) is 6.71. The Morgan fingerprint density at radius 2 is 1.11 bits per heavy atom. The van der Waals surface area contributed by atoms with E-state index >= 15 is 0 Å². The summed E-state index contributed by atoms with van der Waals surface area (Å²) in [5.74, 6) is 0.